The molecular formula is C12H11ClN2O4S. The molecule has 0 radical (unpaired) electrons. The third kappa shape index (κ3) is 2.50. The van der Waals surface area contributed by atoms with Crippen LogP contribution in [0.15, 0.2) is 23.1 Å². The number of nitrogens with zero attached hydrogens (tertiary/aromatic N) is 2. The van der Waals surface area contributed by atoms with Gasteiger partial charge in [-0.2, -0.15) is 9.57 Å². The van der Waals surface area contributed by atoms with Crippen LogP contribution < -0.4 is 0 Å². The fourth-order valence-electron chi connectivity index (χ4n) is 2.17. The van der Waals surface area contributed by atoms with E-state index in [-0.39, 0.29) is 28.4 Å². The summed E-state index contributed by atoms with van der Waals surface area (Å²) in [5, 5.41) is 17.9. The number of benzene rings is 1. The first-order chi connectivity index (χ1) is 9.37. The lowest BCUT2D eigenvalue weighted by molar-refractivity contribution is -0.140. The lowest BCUT2D eigenvalue weighted by Gasteiger charge is -2.21. The van der Waals surface area contributed by atoms with Gasteiger partial charge in [-0.15, -0.1) is 0 Å². The Morgan fingerprint density at radius 3 is 2.80 bits per heavy atom. The van der Waals surface area contributed by atoms with Crippen LogP contribution in [0.4, 0.5) is 0 Å². The first-order valence-corrected chi connectivity index (χ1v) is 7.64. The van der Waals surface area contributed by atoms with Crippen LogP contribution in [0.1, 0.15) is 18.4 Å². The molecule has 8 heteroatoms. The van der Waals surface area contributed by atoms with Crippen LogP contribution >= 0.6 is 11.6 Å². The minimum Gasteiger partial charge on any atom is -0.480 e. The van der Waals surface area contributed by atoms with Crippen LogP contribution in [0.5, 0.6) is 0 Å². The van der Waals surface area contributed by atoms with Gasteiger partial charge in [0, 0.05) is 6.54 Å². The number of hydrogen-bond donors (Lipinski definition) is 1. The quantitative estimate of drug-likeness (QED) is 0.910. The number of hydrogen-bond acceptors (Lipinski definition) is 4. The topological polar surface area (TPSA) is 98.5 Å². The van der Waals surface area contributed by atoms with Gasteiger partial charge >= 0.3 is 5.97 Å². The van der Waals surface area contributed by atoms with Gasteiger partial charge in [-0.05, 0) is 31.0 Å². The van der Waals surface area contributed by atoms with Gasteiger partial charge < -0.3 is 5.11 Å². The predicted molar refractivity (Wildman–Crippen MR) is 70.7 cm³/mol. The number of rotatable bonds is 3. The minimum atomic E-state index is -4.03. The molecule has 2 rings (SSSR count). The Morgan fingerprint density at radius 1 is 1.50 bits per heavy atom. The molecule has 0 aliphatic carbocycles. The molecule has 1 N–H and O–H groups in total. The first kappa shape index (κ1) is 14.8. The molecule has 1 aliphatic rings. The number of carboxylic acid groups (broad SMARTS) is 1. The zero-order chi connectivity index (χ0) is 14.9. The molecule has 106 valence electrons. The van der Waals surface area contributed by atoms with Crippen molar-refractivity contribution in [3.05, 3.63) is 28.8 Å². The van der Waals surface area contributed by atoms with E-state index in [1.54, 1.807) is 0 Å². The number of halogens is 1. The summed E-state index contributed by atoms with van der Waals surface area (Å²) in [6.07, 6.45) is 0.746. The van der Waals surface area contributed by atoms with E-state index in [2.05, 4.69) is 0 Å². The van der Waals surface area contributed by atoms with Crippen molar-refractivity contribution < 1.29 is 18.3 Å². The van der Waals surface area contributed by atoms with Crippen LogP contribution in [0, 0.1) is 11.3 Å². The lowest BCUT2D eigenvalue weighted by Crippen LogP contribution is -2.40. The number of carbonyl (C=O) groups is 1. The van der Waals surface area contributed by atoms with E-state index in [1.165, 1.54) is 12.1 Å². The summed E-state index contributed by atoms with van der Waals surface area (Å²) in [4.78, 5) is 10.9. The van der Waals surface area contributed by atoms with E-state index in [9.17, 15) is 13.2 Å². The van der Waals surface area contributed by atoms with Crippen molar-refractivity contribution in [1.29, 1.82) is 5.26 Å². The van der Waals surface area contributed by atoms with E-state index in [1.807, 2.05) is 6.07 Å². The number of nitriles is 1. The van der Waals surface area contributed by atoms with Crippen molar-refractivity contribution >= 4 is 27.6 Å². The smallest absolute Gasteiger partial charge is 0.322 e. The summed E-state index contributed by atoms with van der Waals surface area (Å²) < 4.78 is 25.9. The molecule has 20 heavy (non-hydrogen) atoms. The fourth-order valence-corrected chi connectivity index (χ4v) is 4.32. The van der Waals surface area contributed by atoms with E-state index >= 15 is 0 Å². The average molecular weight is 315 g/mol. The van der Waals surface area contributed by atoms with Gasteiger partial charge in [0.15, 0.2) is 0 Å². The Kier molecular flexibility index (Phi) is 3.99. The molecular weight excluding hydrogens is 304 g/mol. The Morgan fingerprint density at radius 2 is 2.20 bits per heavy atom. The summed E-state index contributed by atoms with van der Waals surface area (Å²) in [6, 6.07) is 4.63. The number of carboxylic acids is 1. The predicted octanol–water partition coefficient (Wildman–Crippen LogP) is 1.45. The highest BCUT2D eigenvalue weighted by Gasteiger charge is 2.40. The SMILES string of the molecule is N#Cc1ccc(Cl)c(S(=O)(=O)N2CCC[C@@H]2C(=O)O)c1. The van der Waals surface area contributed by atoms with E-state index < -0.39 is 22.0 Å². The Labute approximate surface area is 121 Å². The lowest BCUT2D eigenvalue weighted by atomic mass is 10.2. The average Bonchev–Trinajstić information content (AvgIpc) is 2.89. The summed E-state index contributed by atoms with van der Waals surface area (Å²) in [5.41, 5.74) is 0.152. The van der Waals surface area contributed by atoms with Gasteiger partial charge in [-0.1, -0.05) is 11.6 Å². The Balaban J connectivity index is 2.51. The molecule has 0 unspecified atom stereocenters. The summed E-state index contributed by atoms with van der Waals surface area (Å²) in [6.45, 7) is 0.131. The van der Waals surface area contributed by atoms with E-state index in [0.717, 1.165) is 10.4 Å². The Hall–Kier alpha value is -1.62. The van der Waals surface area contributed by atoms with E-state index in [4.69, 9.17) is 22.0 Å². The van der Waals surface area contributed by atoms with Gasteiger partial charge in [0.1, 0.15) is 10.9 Å². The fraction of sp³-hybridized carbons (Fsp3) is 0.333. The number of aliphatic carboxylic acids is 1. The number of sulfonamides is 1. The highest BCUT2D eigenvalue weighted by molar-refractivity contribution is 7.89. The van der Waals surface area contributed by atoms with Crippen molar-refractivity contribution in [3.8, 4) is 6.07 Å². The second-order valence-electron chi connectivity index (χ2n) is 4.37. The van der Waals surface area contributed by atoms with Crippen molar-refractivity contribution in [1.82, 2.24) is 4.31 Å². The van der Waals surface area contributed by atoms with Crippen molar-refractivity contribution in [2.45, 2.75) is 23.8 Å². The van der Waals surface area contributed by atoms with Crippen LogP contribution in [0.25, 0.3) is 0 Å². The maximum absolute atomic E-state index is 12.5. The molecule has 0 saturated carbocycles. The van der Waals surface area contributed by atoms with Crippen LogP contribution in [-0.4, -0.2) is 36.4 Å². The standard InChI is InChI=1S/C12H11ClN2O4S/c13-9-4-3-8(7-14)6-11(9)20(18,19)15-5-1-2-10(15)12(16)17/h3-4,6,10H,1-2,5H2,(H,16,17)/t10-/m1/s1. The second kappa shape index (κ2) is 5.40. The van der Waals surface area contributed by atoms with Crippen LogP contribution in [0.3, 0.4) is 0 Å². The molecule has 0 bridgehead atoms. The summed E-state index contributed by atoms with van der Waals surface area (Å²) >= 11 is 5.88. The molecule has 6 nitrogen and oxygen atoms in total. The normalized spacial score (nSPS) is 19.7. The van der Waals surface area contributed by atoms with Crippen LogP contribution in [-0.2, 0) is 14.8 Å². The van der Waals surface area contributed by atoms with Gasteiger partial charge in [0.2, 0.25) is 10.0 Å². The monoisotopic (exact) mass is 314 g/mol. The highest BCUT2D eigenvalue weighted by atomic mass is 35.5. The van der Waals surface area contributed by atoms with Gasteiger partial charge in [0.25, 0.3) is 0 Å². The Bertz CT molecular complexity index is 696. The third-order valence-corrected chi connectivity index (χ3v) is 5.53. The van der Waals surface area contributed by atoms with Crippen molar-refractivity contribution in [2.75, 3.05) is 6.54 Å². The molecule has 1 saturated heterocycles. The molecule has 1 aliphatic heterocycles. The molecule has 1 aromatic carbocycles. The first-order valence-electron chi connectivity index (χ1n) is 5.82. The molecule has 1 atom stereocenters. The zero-order valence-electron chi connectivity index (χ0n) is 10.3. The summed E-state index contributed by atoms with van der Waals surface area (Å²) in [5.74, 6) is -1.18. The van der Waals surface area contributed by atoms with Crippen LogP contribution in [0.2, 0.25) is 5.02 Å². The molecule has 1 aromatic rings. The molecule has 0 aromatic heterocycles. The molecule has 1 heterocycles. The van der Waals surface area contributed by atoms with E-state index in [0.29, 0.717) is 6.42 Å². The van der Waals surface area contributed by atoms with Gasteiger partial charge in [-0.25, -0.2) is 8.42 Å². The minimum absolute atomic E-state index is 0.0277. The largest absolute Gasteiger partial charge is 0.480 e. The zero-order valence-corrected chi connectivity index (χ0v) is 11.9. The van der Waals surface area contributed by atoms with Gasteiger partial charge in [0.05, 0.1) is 16.7 Å². The second-order valence-corrected chi connectivity index (χ2v) is 6.64. The highest BCUT2D eigenvalue weighted by Crippen LogP contribution is 2.30. The van der Waals surface area contributed by atoms with Crippen molar-refractivity contribution in [2.24, 2.45) is 0 Å². The molecule has 0 spiro atoms. The molecule has 0 amide bonds. The summed E-state index contributed by atoms with van der Waals surface area (Å²) in [7, 11) is -4.03. The maximum atomic E-state index is 12.5. The molecule has 1 fully saturated rings. The third-order valence-electron chi connectivity index (χ3n) is 3.14. The van der Waals surface area contributed by atoms with Crippen molar-refractivity contribution in [3.63, 3.8) is 0 Å². The maximum Gasteiger partial charge on any atom is 0.322 e. The van der Waals surface area contributed by atoms with Gasteiger partial charge in [-0.3, -0.25) is 4.79 Å².